The minimum Gasteiger partial charge on any atom is -0.287 e. The van der Waals surface area contributed by atoms with Gasteiger partial charge in [0.2, 0.25) is 5.78 Å². The van der Waals surface area contributed by atoms with Crippen LogP contribution in [0.3, 0.4) is 0 Å². The summed E-state index contributed by atoms with van der Waals surface area (Å²) in [6.07, 6.45) is 1.70. The lowest BCUT2D eigenvalue weighted by molar-refractivity contribution is 0.103. The van der Waals surface area contributed by atoms with E-state index >= 15 is 0 Å². The Morgan fingerprint density at radius 3 is 2.41 bits per heavy atom. The first kappa shape index (κ1) is 14.2. The Balaban J connectivity index is 1.80. The Kier molecular flexibility index (Phi) is 3.83. The quantitative estimate of drug-likeness (QED) is 0.694. The van der Waals surface area contributed by atoms with Gasteiger partial charge in [-0.2, -0.15) is 0 Å². The molecule has 0 radical (unpaired) electrons. The average molecular weight is 291 g/mol. The second-order valence-corrected chi connectivity index (χ2v) is 5.49. The van der Waals surface area contributed by atoms with Crippen molar-refractivity contribution in [2.24, 2.45) is 0 Å². The van der Waals surface area contributed by atoms with Crippen molar-refractivity contribution in [2.75, 3.05) is 0 Å². The molecule has 3 rings (SSSR count). The molecule has 0 aliphatic carbocycles. The third kappa shape index (κ3) is 3.11. The van der Waals surface area contributed by atoms with Gasteiger partial charge in [-0.05, 0) is 19.4 Å². The van der Waals surface area contributed by atoms with E-state index in [9.17, 15) is 4.79 Å². The fourth-order valence-corrected chi connectivity index (χ4v) is 2.56. The Morgan fingerprint density at radius 1 is 1.05 bits per heavy atom. The number of carbonyl (C=O) groups excluding carboxylic acids is 1. The van der Waals surface area contributed by atoms with Crippen LogP contribution in [-0.2, 0) is 6.54 Å². The number of ketones is 1. The van der Waals surface area contributed by atoms with Crippen LogP contribution in [0.1, 0.15) is 32.7 Å². The number of carbonyl (C=O) groups is 1. The number of aryl methyl sites for hydroxylation is 2. The van der Waals surface area contributed by atoms with Crippen LogP contribution in [0.5, 0.6) is 0 Å². The number of aromatic nitrogens is 3. The van der Waals surface area contributed by atoms with Gasteiger partial charge in [0.25, 0.3) is 0 Å². The second kappa shape index (κ2) is 5.93. The van der Waals surface area contributed by atoms with E-state index in [1.807, 2.05) is 18.2 Å². The van der Waals surface area contributed by atoms with E-state index in [0.717, 1.165) is 5.56 Å². The third-order valence-electron chi connectivity index (χ3n) is 3.43. The van der Waals surface area contributed by atoms with E-state index in [2.05, 4.69) is 42.4 Å². The average Bonchev–Trinajstić information content (AvgIpc) is 2.95. The summed E-state index contributed by atoms with van der Waals surface area (Å²) in [5, 5.41) is 8.06. The number of nitrogens with zero attached hydrogens (tertiary/aromatic N) is 3. The molecule has 0 N–H and O–H groups in total. The van der Waals surface area contributed by atoms with Crippen LogP contribution in [0.4, 0.5) is 0 Å². The van der Waals surface area contributed by atoms with Crippen LogP contribution in [-0.4, -0.2) is 20.8 Å². The summed E-state index contributed by atoms with van der Waals surface area (Å²) in [5.41, 5.74) is 4.59. The van der Waals surface area contributed by atoms with Gasteiger partial charge in [-0.25, -0.2) is 4.68 Å². The zero-order valence-corrected chi connectivity index (χ0v) is 12.7. The summed E-state index contributed by atoms with van der Waals surface area (Å²) in [7, 11) is 0. The van der Waals surface area contributed by atoms with Gasteiger partial charge in [0, 0.05) is 5.56 Å². The molecule has 4 nitrogen and oxygen atoms in total. The summed E-state index contributed by atoms with van der Waals surface area (Å²) in [6.45, 7) is 4.75. The number of hydrogen-bond donors (Lipinski definition) is 0. The van der Waals surface area contributed by atoms with Crippen molar-refractivity contribution in [1.29, 1.82) is 0 Å². The molecule has 1 aromatic heterocycles. The summed E-state index contributed by atoms with van der Waals surface area (Å²) < 4.78 is 1.70. The molecule has 0 aliphatic heterocycles. The van der Waals surface area contributed by atoms with Crippen LogP contribution < -0.4 is 0 Å². The lowest BCUT2D eigenvalue weighted by atomic mass is 10.1. The number of benzene rings is 2. The van der Waals surface area contributed by atoms with Gasteiger partial charge < -0.3 is 0 Å². The van der Waals surface area contributed by atoms with Crippen LogP contribution in [0.25, 0.3) is 0 Å². The number of rotatable bonds is 4. The highest BCUT2D eigenvalue weighted by Crippen LogP contribution is 2.11. The number of hydrogen-bond acceptors (Lipinski definition) is 3. The maximum Gasteiger partial charge on any atom is 0.214 e. The maximum absolute atomic E-state index is 12.3. The molecule has 110 valence electrons. The monoisotopic (exact) mass is 291 g/mol. The van der Waals surface area contributed by atoms with Crippen LogP contribution in [0, 0.1) is 13.8 Å². The molecule has 1 heterocycles. The predicted molar refractivity (Wildman–Crippen MR) is 84.9 cm³/mol. The highest BCUT2D eigenvalue weighted by Gasteiger charge is 2.13. The van der Waals surface area contributed by atoms with Crippen molar-refractivity contribution in [3.8, 4) is 0 Å². The van der Waals surface area contributed by atoms with E-state index in [0.29, 0.717) is 17.8 Å². The molecule has 2 aromatic carbocycles. The van der Waals surface area contributed by atoms with Gasteiger partial charge in [0.15, 0.2) is 5.69 Å². The first-order chi connectivity index (χ1) is 10.6. The standard InChI is InChI=1S/C18H17N3O/c1-13-8-14(2)10-15(9-13)11-21-12-17(19-20-21)18(22)16-6-4-3-5-7-16/h3-10,12H,11H2,1-2H3. The molecule has 22 heavy (non-hydrogen) atoms. The fraction of sp³-hybridized carbons (Fsp3) is 0.167. The molecule has 4 heteroatoms. The SMILES string of the molecule is Cc1cc(C)cc(Cn2cc(C(=O)c3ccccc3)nn2)c1. The van der Waals surface area contributed by atoms with Gasteiger partial charge in [-0.1, -0.05) is 64.9 Å². The van der Waals surface area contributed by atoms with E-state index < -0.39 is 0 Å². The third-order valence-corrected chi connectivity index (χ3v) is 3.43. The maximum atomic E-state index is 12.3. The summed E-state index contributed by atoms with van der Waals surface area (Å²) in [4.78, 5) is 12.3. The first-order valence-electron chi connectivity index (χ1n) is 7.19. The van der Waals surface area contributed by atoms with Crippen molar-refractivity contribution in [3.05, 3.63) is 82.7 Å². The van der Waals surface area contributed by atoms with Crippen molar-refractivity contribution >= 4 is 5.78 Å². The van der Waals surface area contributed by atoms with Crippen molar-refractivity contribution in [2.45, 2.75) is 20.4 Å². The van der Waals surface area contributed by atoms with Crippen LogP contribution >= 0.6 is 0 Å². The molecule has 0 spiro atoms. The van der Waals surface area contributed by atoms with E-state index in [1.165, 1.54) is 11.1 Å². The van der Waals surface area contributed by atoms with Crippen LogP contribution in [0.15, 0.2) is 54.7 Å². The van der Waals surface area contributed by atoms with Gasteiger partial charge in [-0.3, -0.25) is 4.79 Å². The molecule has 0 aliphatic rings. The largest absolute Gasteiger partial charge is 0.287 e. The smallest absolute Gasteiger partial charge is 0.214 e. The predicted octanol–water partition coefficient (Wildman–Crippen LogP) is 3.17. The lowest BCUT2D eigenvalue weighted by Crippen LogP contribution is -2.02. The van der Waals surface area contributed by atoms with Crippen molar-refractivity contribution < 1.29 is 4.79 Å². The molecule has 0 unspecified atom stereocenters. The molecule has 0 bridgehead atoms. The summed E-state index contributed by atoms with van der Waals surface area (Å²) in [6, 6.07) is 15.5. The topological polar surface area (TPSA) is 47.8 Å². The molecule has 0 fully saturated rings. The molecular formula is C18H17N3O. The van der Waals surface area contributed by atoms with E-state index in [-0.39, 0.29) is 5.78 Å². The second-order valence-electron chi connectivity index (χ2n) is 5.49. The first-order valence-corrected chi connectivity index (χ1v) is 7.19. The summed E-state index contributed by atoms with van der Waals surface area (Å²) in [5.74, 6) is -0.104. The van der Waals surface area contributed by atoms with Gasteiger partial charge in [-0.15, -0.1) is 5.10 Å². The Hall–Kier alpha value is -2.75. The van der Waals surface area contributed by atoms with Gasteiger partial charge in [0.1, 0.15) is 0 Å². The van der Waals surface area contributed by atoms with Gasteiger partial charge >= 0.3 is 0 Å². The molecule has 3 aromatic rings. The normalized spacial score (nSPS) is 10.6. The molecule has 0 atom stereocenters. The molecule has 0 saturated carbocycles. The van der Waals surface area contributed by atoms with E-state index in [1.54, 1.807) is 23.0 Å². The van der Waals surface area contributed by atoms with Crippen molar-refractivity contribution in [1.82, 2.24) is 15.0 Å². The fourth-order valence-electron chi connectivity index (χ4n) is 2.56. The van der Waals surface area contributed by atoms with Gasteiger partial charge in [0.05, 0.1) is 12.7 Å². The molecular weight excluding hydrogens is 274 g/mol. The van der Waals surface area contributed by atoms with Crippen molar-refractivity contribution in [3.63, 3.8) is 0 Å². The molecule has 0 saturated heterocycles. The minimum absolute atomic E-state index is 0.104. The van der Waals surface area contributed by atoms with E-state index in [4.69, 9.17) is 0 Å². The molecule has 0 amide bonds. The minimum atomic E-state index is -0.104. The zero-order valence-electron chi connectivity index (χ0n) is 12.7. The Bertz CT molecular complexity index is 786. The highest BCUT2D eigenvalue weighted by atomic mass is 16.1. The summed E-state index contributed by atoms with van der Waals surface area (Å²) >= 11 is 0. The Morgan fingerprint density at radius 2 is 1.73 bits per heavy atom. The zero-order chi connectivity index (χ0) is 15.5. The highest BCUT2D eigenvalue weighted by molar-refractivity contribution is 6.07. The Labute approximate surface area is 129 Å². The van der Waals surface area contributed by atoms with Crippen LogP contribution in [0.2, 0.25) is 0 Å². The lowest BCUT2D eigenvalue weighted by Gasteiger charge is -2.04.